The Morgan fingerprint density at radius 3 is 1.15 bits per heavy atom. The lowest BCUT2D eigenvalue weighted by atomic mass is 9.86. The number of ether oxygens (including phenoxy) is 4. The molecule has 0 amide bonds. The second-order valence-electron chi connectivity index (χ2n) is 3.82. The molecule has 8 nitrogen and oxygen atoms in total. The van der Waals surface area contributed by atoms with Gasteiger partial charge in [0.2, 0.25) is 0 Å². The lowest BCUT2D eigenvalue weighted by Gasteiger charge is -2.21. The smallest absolute Gasteiger partial charge is 0.310 e. The second-order valence-corrected chi connectivity index (χ2v) is 3.82. The van der Waals surface area contributed by atoms with Gasteiger partial charge in [0.1, 0.15) is 0 Å². The van der Waals surface area contributed by atoms with E-state index in [9.17, 15) is 19.2 Å². The lowest BCUT2D eigenvalue weighted by molar-refractivity contribution is -0.164. The third-order valence-electron chi connectivity index (χ3n) is 2.72. The zero-order valence-electron chi connectivity index (χ0n) is 11.8. The van der Waals surface area contributed by atoms with E-state index in [0.717, 1.165) is 28.4 Å². The van der Waals surface area contributed by atoms with Crippen molar-refractivity contribution in [3.05, 3.63) is 0 Å². The minimum atomic E-state index is -1.18. The number of rotatable bonds is 7. The van der Waals surface area contributed by atoms with Gasteiger partial charge in [0.05, 0.1) is 53.1 Å². The van der Waals surface area contributed by atoms with E-state index in [4.69, 9.17) is 0 Å². The molecule has 0 N–H and O–H groups in total. The third-order valence-corrected chi connectivity index (χ3v) is 2.72. The first-order valence-electron chi connectivity index (χ1n) is 5.70. The van der Waals surface area contributed by atoms with Crippen molar-refractivity contribution >= 4 is 23.9 Å². The SMILES string of the molecule is COC(=O)C[C@H](C(=O)OC)[C@@H](CC(=O)OC)C(=O)OC. The van der Waals surface area contributed by atoms with Gasteiger partial charge in [0.25, 0.3) is 0 Å². The number of carbonyl (C=O) groups is 4. The maximum atomic E-state index is 11.7. The summed E-state index contributed by atoms with van der Waals surface area (Å²) in [6.07, 6.45) is -0.806. The number of esters is 4. The standard InChI is InChI=1S/C12H18O8/c1-17-9(13)5-7(11(15)19-3)8(12(16)20-4)6-10(14)18-2/h7-8H,5-6H2,1-4H3/t7-,8+. The lowest BCUT2D eigenvalue weighted by Crippen LogP contribution is -2.35. The van der Waals surface area contributed by atoms with Crippen molar-refractivity contribution in [1.82, 2.24) is 0 Å². The minimum absolute atomic E-state index is 0.403. The van der Waals surface area contributed by atoms with Gasteiger partial charge in [-0.05, 0) is 0 Å². The molecule has 20 heavy (non-hydrogen) atoms. The molecule has 0 rings (SSSR count). The van der Waals surface area contributed by atoms with Crippen molar-refractivity contribution < 1.29 is 38.1 Å². The summed E-state index contributed by atoms with van der Waals surface area (Å²) in [6, 6.07) is 0. The highest BCUT2D eigenvalue weighted by atomic mass is 16.5. The van der Waals surface area contributed by atoms with Gasteiger partial charge in [-0.15, -0.1) is 0 Å². The van der Waals surface area contributed by atoms with E-state index in [1.807, 2.05) is 0 Å². The molecule has 114 valence electrons. The Hall–Kier alpha value is -2.12. The first kappa shape index (κ1) is 17.9. The van der Waals surface area contributed by atoms with Crippen LogP contribution in [0.15, 0.2) is 0 Å². The van der Waals surface area contributed by atoms with E-state index in [2.05, 4.69) is 18.9 Å². The highest BCUT2D eigenvalue weighted by molar-refractivity contribution is 5.88. The summed E-state index contributed by atoms with van der Waals surface area (Å²) in [5, 5.41) is 0. The largest absolute Gasteiger partial charge is 0.469 e. The maximum absolute atomic E-state index is 11.7. The fraction of sp³-hybridized carbons (Fsp3) is 0.667. The van der Waals surface area contributed by atoms with Crippen molar-refractivity contribution in [2.75, 3.05) is 28.4 Å². The molecule has 0 bridgehead atoms. The van der Waals surface area contributed by atoms with Crippen LogP contribution in [0.4, 0.5) is 0 Å². The van der Waals surface area contributed by atoms with Crippen molar-refractivity contribution in [2.24, 2.45) is 11.8 Å². The molecule has 2 atom stereocenters. The van der Waals surface area contributed by atoms with Gasteiger partial charge in [-0.3, -0.25) is 19.2 Å². The quantitative estimate of drug-likeness (QED) is 0.464. The molecule has 0 spiro atoms. The van der Waals surface area contributed by atoms with Crippen LogP contribution >= 0.6 is 0 Å². The van der Waals surface area contributed by atoms with Crippen LogP contribution in [-0.4, -0.2) is 52.3 Å². The van der Waals surface area contributed by atoms with Crippen LogP contribution in [0.5, 0.6) is 0 Å². The highest BCUT2D eigenvalue weighted by Crippen LogP contribution is 2.24. The number of carbonyl (C=O) groups excluding carboxylic acids is 4. The molecule has 0 heterocycles. The van der Waals surface area contributed by atoms with Crippen LogP contribution in [0.3, 0.4) is 0 Å². The van der Waals surface area contributed by atoms with Crippen LogP contribution in [0.1, 0.15) is 12.8 Å². The van der Waals surface area contributed by atoms with Gasteiger partial charge in [-0.25, -0.2) is 0 Å². The normalized spacial score (nSPS) is 12.8. The predicted octanol–water partition coefficient (Wildman–Crippen LogP) is -0.309. The van der Waals surface area contributed by atoms with E-state index >= 15 is 0 Å². The van der Waals surface area contributed by atoms with Crippen molar-refractivity contribution in [3.63, 3.8) is 0 Å². The van der Waals surface area contributed by atoms with Crippen molar-refractivity contribution in [3.8, 4) is 0 Å². The molecular formula is C12H18O8. The van der Waals surface area contributed by atoms with E-state index in [-0.39, 0.29) is 0 Å². The Labute approximate surface area is 116 Å². The van der Waals surface area contributed by atoms with Gasteiger partial charge in [-0.2, -0.15) is 0 Å². The topological polar surface area (TPSA) is 105 Å². The minimum Gasteiger partial charge on any atom is -0.469 e. The molecule has 0 radical (unpaired) electrons. The molecule has 0 saturated carbocycles. The van der Waals surface area contributed by atoms with Gasteiger partial charge < -0.3 is 18.9 Å². The maximum Gasteiger partial charge on any atom is 0.310 e. The summed E-state index contributed by atoms with van der Waals surface area (Å²) < 4.78 is 18.0. The summed E-state index contributed by atoms with van der Waals surface area (Å²) in [5.41, 5.74) is 0. The van der Waals surface area contributed by atoms with Crippen LogP contribution < -0.4 is 0 Å². The zero-order chi connectivity index (χ0) is 15.7. The first-order chi connectivity index (χ1) is 9.40. The Morgan fingerprint density at radius 1 is 0.650 bits per heavy atom. The van der Waals surface area contributed by atoms with Crippen LogP contribution in [0, 0.1) is 11.8 Å². The Balaban J connectivity index is 5.26. The van der Waals surface area contributed by atoms with Crippen LogP contribution in [0.25, 0.3) is 0 Å². The van der Waals surface area contributed by atoms with E-state index in [1.165, 1.54) is 0 Å². The van der Waals surface area contributed by atoms with Crippen molar-refractivity contribution in [1.29, 1.82) is 0 Å². The van der Waals surface area contributed by atoms with E-state index < -0.39 is 48.6 Å². The first-order valence-corrected chi connectivity index (χ1v) is 5.70. The average molecular weight is 290 g/mol. The van der Waals surface area contributed by atoms with Gasteiger partial charge >= 0.3 is 23.9 Å². The van der Waals surface area contributed by atoms with E-state index in [0.29, 0.717) is 0 Å². The van der Waals surface area contributed by atoms with Gasteiger partial charge in [0.15, 0.2) is 0 Å². The molecule has 0 aliphatic heterocycles. The average Bonchev–Trinajstić information content (AvgIpc) is 2.48. The van der Waals surface area contributed by atoms with Gasteiger partial charge in [0, 0.05) is 0 Å². The van der Waals surface area contributed by atoms with Crippen LogP contribution in [-0.2, 0) is 38.1 Å². The summed E-state index contributed by atoms with van der Waals surface area (Å²) in [7, 11) is 4.51. The highest BCUT2D eigenvalue weighted by Gasteiger charge is 2.39. The summed E-state index contributed by atoms with van der Waals surface area (Å²) >= 11 is 0. The third kappa shape index (κ3) is 5.25. The molecular weight excluding hydrogens is 272 g/mol. The van der Waals surface area contributed by atoms with Crippen LogP contribution in [0.2, 0.25) is 0 Å². The fourth-order valence-electron chi connectivity index (χ4n) is 1.61. The fourth-order valence-corrected chi connectivity index (χ4v) is 1.61. The Kier molecular flexibility index (Phi) is 7.95. The molecule has 0 saturated heterocycles. The van der Waals surface area contributed by atoms with E-state index in [1.54, 1.807) is 0 Å². The predicted molar refractivity (Wildman–Crippen MR) is 64.3 cm³/mol. The molecule has 8 heteroatoms. The number of methoxy groups -OCH3 is 4. The summed E-state index contributed by atoms with van der Waals surface area (Å²) in [5.74, 6) is -5.40. The number of hydrogen-bond donors (Lipinski definition) is 0. The molecule has 0 aliphatic carbocycles. The molecule has 0 aromatic rings. The molecule has 0 aromatic carbocycles. The Bertz CT molecular complexity index is 340. The Morgan fingerprint density at radius 2 is 0.950 bits per heavy atom. The zero-order valence-corrected chi connectivity index (χ0v) is 11.8. The monoisotopic (exact) mass is 290 g/mol. The molecule has 0 aromatic heterocycles. The summed E-state index contributed by atoms with van der Waals surface area (Å²) in [6.45, 7) is 0. The van der Waals surface area contributed by atoms with Gasteiger partial charge in [-0.1, -0.05) is 0 Å². The molecule has 0 aliphatic rings. The summed E-state index contributed by atoms with van der Waals surface area (Å²) in [4.78, 5) is 46.0. The molecule has 0 fully saturated rings. The van der Waals surface area contributed by atoms with Crippen molar-refractivity contribution in [2.45, 2.75) is 12.8 Å². The molecule has 0 unspecified atom stereocenters. The number of hydrogen-bond acceptors (Lipinski definition) is 8. The second kappa shape index (κ2) is 8.89.